The highest BCUT2D eigenvalue weighted by Gasteiger charge is 2.10. The van der Waals surface area contributed by atoms with Gasteiger partial charge in [-0.1, -0.05) is 29.3 Å². The molecule has 0 atom stereocenters. The van der Waals surface area contributed by atoms with Gasteiger partial charge in [0.15, 0.2) is 0 Å². The smallest absolute Gasteiger partial charge is 0.211 e. The first-order chi connectivity index (χ1) is 6.07. The van der Waals surface area contributed by atoms with Crippen molar-refractivity contribution >= 4 is 35.0 Å². The molecule has 1 aromatic carbocycles. The molecule has 13 heavy (non-hydrogen) atoms. The van der Waals surface area contributed by atoms with Crippen LogP contribution in [0.15, 0.2) is 11.1 Å². The number of hydrogen-bond donors (Lipinski definition) is 0. The Balaban J connectivity index is 3.52. The van der Waals surface area contributed by atoms with Crippen molar-refractivity contribution in [2.45, 2.75) is 13.8 Å². The summed E-state index contributed by atoms with van der Waals surface area (Å²) < 4.78 is 0. The van der Waals surface area contributed by atoms with Crippen LogP contribution in [0, 0.1) is 13.8 Å². The van der Waals surface area contributed by atoms with E-state index >= 15 is 0 Å². The van der Waals surface area contributed by atoms with Crippen LogP contribution >= 0.6 is 23.2 Å². The van der Waals surface area contributed by atoms with Crippen LogP contribution in [0.25, 0.3) is 0 Å². The highest BCUT2D eigenvalue weighted by molar-refractivity contribution is 6.44. The summed E-state index contributed by atoms with van der Waals surface area (Å²) in [5, 5.41) is 0.740. The van der Waals surface area contributed by atoms with Gasteiger partial charge in [-0.25, -0.2) is 4.79 Å². The molecule has 0 saturated carbocycles. The maximum Gasteiger partial charge on any atom is 0.240 e. The molecule has 0 heterocycles. The van der Waals surface area contributed by atoms with E-state index in [-0.39, 0.29) is 0 Å². The third-order valence-electron chi connectivity index (χ3n) is 1.71. The van der Waals surface area contributed by atoms with Gasteiger partial charge in [0.25, 0.3) is 0 Å². The van der Waals surface area contributed by atoms with Crippen LogP contribution in [0.2, 0.25) is 10.0 Å². The monoisotopic (exact) mass is 215 g/mol. The summed E-state index contributed by atoms with van der Waals surface area (Å²) in [5.74, 6) is 0. The molecular weight excluding hydrogens is 209 g/mol. The Hall–Kier alpha value is -0.820. The molecule has 1 aromatic rings. The number of benzene rings is 1. The van der Waals surface area contributed by atoms with Gasteiger partial charge in [-0.3, -0.25) is 0 Å². The van der Waals surface area contributed by atoms with E-state index in [1.807, 2.05) is 19.9 Å². The van der Waals surface area contributed by atoms with Gasteiger partial charge < -0.3 is 0 Å². The topological polar surface area (TPSA) is 29.4 Å². The molecule has 0 fully saturated rings. The second-order valence-corrected chi connectivity index (χ2v) is 3.45. The number of hydrogen-bond acceptors (Lipinski definition) is 2. The summed E-state index contributed by atoms with van der Waals surface area (Å²) >= 11 is 11.7. The summed E-state index contributed by atoms with van der Waals surface area (Å²) in [5.41, 5.74) is 2.08. The van der Waals surface area contributed by atoms with E-state index in [1.54, 1.807) is 0 Å². The average molecular weight is 216 g/mol. The summed E-state index contributed by atoms with van der Waals surface area (Å²) in [7, 11) is 0. The Morgan fingerprint density at radius 3 is 2.38 bits per heavy atom. The molecule has 0 aliphatic rings. The van der Waals surface area contributed by atoms with Gasteiger partial charge in [-0.2, -0.15) is 4.99 Å². The number of rotatable bonds is 1. The quantitative estimate of drug-likeness (QED) is 0.521. The van der Waals surface area contributed by atoms with Gasteiger partial charge >= 0.3 is 0 Å². The van der Waals surface area contributed by atoms with Crippen molar-refractivity contribution in [1.82, 2.24) is 0 Å². The van der Waals surface area contributed by atoms with Gasteiger partial charge in [0, 0.05) is 0 Å². The minimum atomic E-state index is 0.308. The van der Waals surface area contributed by atoms with Crippen LogP contribution in [0.3, 0.4) is 0 Å². The van der Waals surface area contributed by atoms with Crippen molar-refractivity contribution in [3.63, 3.8) is 0 Å². The molecule has 1 rings (SSSR count). The number of carbonyl (C=O) groups excluding carboxylic acids is 1. The van der Waals surface area contributed by atoms with E-state index in [2.05, 4.69) is 4.99 Å². The zero-order valence-electron chi connectivity index (χ0n) is 7.19. The van der Waals surface area contributed by atoms with Crippen LogP contribution in [0.1, 0.15) is 11.1 Å². The number of isocyanates is 1. The van der Waals surface area contributed by atoms with Crippen LogP contribution in [0.4, 0.5) is 5.69 Å². The zero-order chi connectivity index (χ0) is 10.0. The van der Waals surface area contributed by atoms with Crippen molar-refractivity contribution in [2.75, 3.05) is 0 Å². The second-order valence-electron chi connectivity index (χ2n) is 2.69. The van der Waals surface area contributed by atoms with Gasteiger partial charge in [-0.05, 0) is 25.0 Å². The van der Waals surface area contributed by atoms with E-state index in [0.717, 1.165) is 11.1 Å². The molecule has 0 bridgehead atoms. The maximum atomic E-state index is 10.1. The predicted molar refractivity (Wildman–Crippen MR) is 53.7 cm³/mol. The lowest BCUT2D eigenvalue weighted by Gasteiger charge is -2.06. The Morgan fingerprint density at radius 1 is 1.23 bits per heavy atom. The van der Waals surface area contributed by atoms with Crippen LogP contribution < -0.4 is 0 Å². The van der Waals surface area contributed by atoms with Crippen molar-refractivity contribution in [3.05, 3.63) is 27.2 Å². The number of aliphatic imine (C=N–C) groups is 1. The lowest BCUT2D eigenvalue weighted by molar-refractivity contribution is 0.565. The fraction of sp³-hybridized carbons (Fsp3) is 0.222. The predicted octanol–water partition coefficient (Wildman–Crippen LogP) is 3.58. The largest absolute Gasteiger partial charge is 0.240 e. The van der Waals surface area contributed by atoms with Crippen LogP contribution in [-0.4, -0.2) is 6.08 Å². The number of aryl methyl sites for hydroxylation is 2. The molecule has 0 aliphatic carbocycles. The molecule has 0 spiro atoms. The van der Waals surface area contributed by atoms with Crippen molar-refractivity contribution in [3.8, 4) is 0 Å². The highest BCUT2D eigenvalue weighted by Crippen LogP contribution is 2.36. The molecule has 0 aliphatic heterocycles. The lowest BCUT2D eigenvalue weighted by Crippen LogP contribution is -1.82. The van der Waals surface area contributed by atoms with Gasteiger partial charge in [0.1, 0.15) is 0 Å². The van der Waals surface area contributed by atoms with Crippen molar-refractivity contribution < 1.29 is 4.79 Å². The first-order valence-electron chi connectivity index (χ1n) is 3.61. The Morgan fingerprint density at radius 2 is 1.85 bits per heavy atom. The Kier molecular flexibility index (Phi) is 3.10. The molecular formula is C9H7Cl2NO. The summed E-state index contributed by atoms with van der Waals surface area (Å²) in [6, 6.07) is 1.82. The molecule has 68 valence electrons. The summed E-state index contributed by atoms with van der Waals surface area (Å²) in [4.78, 5) is 13.6. The SMILES string of the molecule is Cc1cc(C)c(N=C=O)c(Cl)c1Cl. The Bertz CT molecular complexity index is 395. The van der Waals surface area contributed by atoms with Gasteiger partial charge in [0.2, 0.25) is 6.08 Å². The second kappa shape index (κ2) is 3.93. The normalized spacial score (nSPS) is 9.54. The fourth-order valence-electron chi connectivity index (χ4n) is 1.09. The first-order valence-corrected chi connectivity index (χ1v) is 4.36. The summed E-state index contributed by atoms with van der Waals surface area (Å²) in [6.07, 6.45) is 1.44. The minimum Gasteiger partial charge on any atom is -0.211 e. The Labute approximate surface area is 86.2 Å². The molecule has 0 aromatic heterocycles. The summed E-state index contributed by atoms with van der Waals surface area (Å²) in [6.45, 7) is 3.65. The van der Waals surface area contributed by atoms with E-state index in [4.69, 9.17) is 23.2 Å². The van der Waals surface area contributed by atoms with Crippen LogP contribution in [-0.2, 0) is 4.79 Å². The molecule has 2 nitrogen and oxygen atoms in total. The molecule has 0 radical (unpaired) electrons. The van der Waals surface area contributed by atoms with Gasteiger partial charge in [0.05, 0.1) is 15.7 Å². The third kappa shape index (κ3) is 1.92. The van der Waals surface area contributed by atoms with E-state index in [1.165, 1.54) is 6.08 Å². The number of nitrogens with zero attached hydrogens (tertiary/aromatic N) is 1. The standard InChI is InChI=1S/C9H7Cl2NO/c1-5-3-6(2)9(12-4-13)8(11)7(5)10/h3H,1-2H3. The highest BCUT2D eigenvalue weighted by atomic mass is 35.5. The molecule has 0 unspecified atom stereocenters. The van der Waals surface area contributed by atoms with E-state index in [9.17, 15) is 4.79 Å². The first kappa shape index (κ1) is 10.3. The fourth-order valence-corrected chi connectivity index (χ4v) is 1.57. The third-order valence-corrected chi connectivity index (χ3v) is 2.66. The van der Waals surface area contributed by atoms with Crippen molar-refractivity contribution in [2.24, 2.45) is 4.99 Å². The van der Waals surface area contributed by atoms with Crippen LogP contribution in [0.5, 0.6) is 0 Å². The lowest BCUT2D eigenvalue weighted by atomic mass is 10.1. The van der Waals surface area contributed by atoms with Crippen molar-refractivity contribution in [1.29, 1.82) is 0 Å². The maximum absolute atomic E-state index is 10.1. The zero-order valence-corrected chi connectivity index (χ0v) is 8.70. The molecule has 0 saturated heterocycles. The number of halogens is 2. The molecule has 0 N–H and O–H groups in total. The molecule has 0 amide bonds. The van der Waals surface area contributed by atoms with Gasteiger partial charge in [-0.15, -0.1) is 0 Å². The molecule has 4 heteroatoms. The minimum absolute atomic E-state index is 0.308. The van der Waals surface area contributed by atoms with E-state index < -0.39 is 0 Å². The average Bonchev–Trinajstić information content (AvgIpc) is 2.09. The van der Waals surface area contributed by atoms with E-state index in [0.29, 0.717) is 15.7 Å².